The van der Waals surface area contributed by atoms with Gasteiger partial charge in [-0.25, -0.2) is 0 Å². The molecule has 0 atom stereocenters. The van der Waals surface area contributed by atoms with Crippen molar-refractivity contribution in [3.63, 3.8) is 0 Å². The van der Waals surface area contributed by atoms with E-state index in [9.17, 15) is 0 Å². The van der Waals surface area contributed by atoms with E-state index in [4.69, 9.17) is 0 Å². The van der Waals surface area contributed by atoms with Crippen molar-refractivity contribution < 1.29 is 0 Å². The van der Waals surface area contributed by atoms with Gasteiger partial charge in [0.05, 0.1) is 12.1 Å². The van der Waals surface area contributed by atoms with E-state index in [0.29, 0.717) is 6.54 Å². The maximum absolute atomic E-state index is 4.26. The Hall–Kier alpha value is -1.85. The Labute approximate surface area is 89.3 Å². The summed E-state index contributed by atoms with van der Waals surface area (Å²) in [6.45, 7) is 0.713. The molecule has 0 unspecified atom stereocenters. The maximum atomic E-state index is 4.26. The molecule has 0 aliphatic heterocycles. The zero-order valence-corrected chi connectivity index (χ0v) is 8.62. The largest absolute Gasteiger partial charge is 0.309 e. The van der Waals surface area contributed by atoms with Gasteiger partial charge in [-0.3, -0.25) is 4.98 Å². The topological polar surface area (TPSA) is 24.9 Å². The van der Waals surface area contributed by atoms with Crippen LogP contribution < -0.4 is 5.32 Å². The molecule has 2 rings (SSSR count). The Morgan fingerprint density at radius 3 is 3.13 bits per heavy atom. The minimum absolute atomic E-state index is 0.713. The number of aromatic nitrogens is 1. The fraction of sp³-hybridized carbons (Fsp3) is 0.154. The molecular formula is C13H12N2. The van der Waals surface area contributed by atoms with Gasteiger partial charge >= 0.3 is 0 Å². The lowest BCUT2D eigenvalue weighted by Crippen LogP contribution is -2.04. The summed E-state index contributed by atoms with van der Waals surface area (Å²) < 4.78 is 0. The third-order valence-electron chi connectivity index (χ3n) is 2.10. The molecule has 2 nitrogen and oxygen atoms in total. The first kappa shape index (κ1) is 9.70. The van der Waals surface area contributed by atoms with Crippen LogP contribution in [0.2, 0.25) is 0 Å². The Balaban J connectivity index is 2.36. The third kappa shape index (κ3) is 2.34. The summed E-state index contributed by atoms with van der Waals surface area (Å²) in [5.74, 6) is 6.13. The molecule has 74 valence electrons. The second-order valence-electron chi connectivity index (χ2n) is 3.24. The SMILES string of the molecule is CNCC#Cc1ccc2ncccc2c1. The molecule has 0 amide bonds. The molecule has 0 fully saturated rings. The van der Waals surface area contributed by atoms with E-state index in [0.717, 1.165) is 16.5 Å². The van der Waals surface area contributed by atoms with Crippen LogP contribution in [0.4, 0.5) is 0 Å². The Kier molecular flexibility index (Phi) is 2.96. The fourth-order valence-electron chi connectivity index (χ4n) is 1.39. The van der Waals surface area contributed by atoms with Crippen molar-refractivity contribution in [1.29, 1.82) is 0 Å². The summed E-state index contributed by atoms with van der Waals surface area (Å²) in [6, 6.07) is 10.0. The Morgan fingerprint density at radius 2 is 2.27 bits per heavy atom. The lowest BCUT2D eigenvalue weighted by Gasteiger charge is -1.96. The van der Waals surface area contributed by atoms with Gasteiger partial charge < -0.3 is 5.32 Å². The predicted octanol–water partition coefficient (Wildman–Crippen LogP) is 1.81. The van der Waals surface area contributed by atoms with Crippen molar-refractivity contribution in [2.24, 2.45) is 0 Å². The molecule has 2 heteroatoms. The molecule has 0 bridgehead atoms. The van der Waals surface area contributed by atoms with Crippen LogP contribution in [0, 0.1) is 11.8 Å². The van der Waals surface area contributed by atoms with Crippen LogP contribution >= 0.6 is 0 Å². The van der Waals surface area contributed by atoms with Crippen molar-refractivity contribution >= 4 is 10.9 Å². The number of rotatable bonds is 1. The summed E-state index contributed by atoms with van der Waals surface area (Å²) in [5, 5.41) is 4.12. The second-order valence-corrected chi connectivity index (χ2v) is 3.24. The van der Waals surface area contributed by atoms with Crippen LogP contribution in [0.25, 0.3) is 10.9 Å². The molecule has 0 spiro atoms. The number of hydrogen-bond donors (Lipinski definition) is 1. The standard InChI is InChI=1S/C13H12N2/c1-14-8-2-4-11-6-7-13-12(10-11)5-3-9-15-13/h3,5-7,9-10,14H,8H2,1H3. The van der Waals surface area contributed by atoms with Gasteiger partial charge in [-0.15, -0.1) is 0 Å². The summed E-state index contributed by atoms with van der Waals surface area (Å²) in [5.41, 5.74) is 2.04. The lowest BCUT2D eigenvalue weighted by molar-refractivity contribution is 0.938. The van der Waals surface area contributed by atoms with E-state index in [-0.39, 0.29) is 0 Å². The minimum Gasteiger partial charge on any atom is -0.309 e. The van der Waals surface area contributed by atoms with Gasteiger partial charge in [0.15, 0.2) is 0 Å². The average Bonchev–Trinajstić information content (AvgIpc) is 2.29. The highest BCUT2D eigenvalue weighted by atomic mass is 14.8. The smallest absolute Gasteiger partial charge is 0.0702 e. The fourth-order valence-corrected chi connectivity index (χ4v) is 1.39. The first-order valence-electron chi connectivity index (χ1n) is 4.88. The molecule has 1 heterocycles. The number of hydrogen-bond acceptors (Lipinski definition) is 2. The highest BCUT2D eigenvalue weighted by Gasteiger charge is 1.93. The molecule has 0 aliphatic carbocycles. The van der Waals surface area contributed by atoms with Crippen molar-refractivity contribution in [3.8, 4) is 11.8 Å². The first-order valence-corrected chi connectivity index (χ1v) is 4.88. The van der Waals surface area contributed by atoms with Gasteiger partial charge in [-0.2, -0.15) is 0 Å². The van der Waals surface area contributed by atoms with Crippen molar-refractivity contribution in [2.75, 3.05) is 13.6 Å². The van der Waals surface area contributed by atoms with Gasteiger partial charge in [0.2, 0.25) is 0 Å². The molecule has 0 aliphatic rings. The Morgan fingerprint density at radius 1 is 1.33 bits per heavy atom. The molecule has 0 saturated carbocycles. The monoisotopic (exact) mass is 196 g/mol. The predicted molar refractivity (Wildman–Crippen MR) is 62.5 cm³/mol. The van der Waals surface area contributed by atoms with Gasteiger partial charge in [-0.05, 0) is 31.3 Å². The molecular weight excluding hydrogens is 184 g/mol. The van der Waals surface area contributed by atoms with Gasteiger partial charge in [0, 0.05) is 17.1 Å². The number of nitrogens with one attached hydrogen (secondary N) is 1. The van der Waals surface area contributed by atoms with Crippen LogP contribution in [-0.2, 0) is 0 Å². The average molecular weight is 196 g/mol. The highest BCUT2D eigenvalue weighted by Crippen LogP contribution is 2.12. The zero-order valence-electron chi connectivity index (χ0n) is 8.62. The summed E-state index contributed by atoms with van der Waals surface area (Å²) >= 11 is 0. The van der Waals surface area contributed by atoms with Crippen LogP contribution in [0.1, 0.15) is 5.56 Å². The van der Waals surface area contributed by atoms with E-state index in [1.165, 1.54) is 0 Å². The van der Waals surface area contributed by atoms with E-state index >= 15 is 0 Å². The van der Waals surface area contributed by atoms with E-state index in [1.54, 1.807) is 6.20 Å². The number of fused-ring (bicyclic) bond motifs is 1. The van der Waals surface area contributed by atoms with Crippen LogP contribution in [0.15, 0.2) is 36.5 Å². The molecule has 1 N–H and O–H groups in total. The molecule has 0 saturated heterocycles. The minimum atomic E-state index is 0.713. The zero-order chi connectivity index (χ0) is 10.5. The van der Waals surface area contributed by atoms with Gasteiger partial charge in [0.1, 0.15) is 0 Å². The van der Waals surface area contributed by atoms with E-state index < -0.39 is 0 Å². The number of benzene rings is 1. The molecule has 2 aromatic rings. The quantitative estimate of drug-likeness (QED) is 0.703. The van der Waals surface area contributed by atoms with Crippen molar-refractivity contribution in [2.45, 2.75) is 0 Å². The van der Waals surface area contributed by atoms with Crippen LogP contribution in [0.5, 0.6) is 0 Å². The normalized spacial score (nSPS) is 9.67. The highest BCUT2D eigenvalue weighted by molar-refractivity contribution is 5.79. The van der Waals surface area contributed by atoms with Crippen molar-refractivity contribution in [1.82, 2.24) is 10.3 Å². The Bertz CT molecular complexity index is 521. The summed E-state index contributed by atoms with van der Waals surface area (Å²) in [6.07, 6.45) is 1.80. The second kappa shape index (κ2) is 4.59. The third-order valence-corrected chi connectivity index (χ3v) is 2.10. The van der Waals surface area contributed by atoms with E-state index in [1.807, 2.05) is 31.3 Å². The maximum Gasteiger partial charge on any atom is 0.0702 e. The molecule has 0 radical (unpaired) electrons. The number of nitrogens with zero attached hydrogens (tertiary/aromatic N) is 1. The first-order chi connectivity index (χ1) is 7.40. The van der Waals surface area contributed by atoms with Crippen LogP contribution in [-0.4, -0.2) is 18.6 Å². The summed E-state index contributed by atoms with van der Waals surface area (Å²) in [7, 11) is 1.89. The molecule has 15 heavy (non-hydrogen) atoms. The van der Waals surface area contributed by atoms with E-state index in [2.05, 4.69) is 28.2 Å². The van der Waals surface area contributed by atoms with Crippen LogP contribution in [0.3, 0.4) is 0 Å². The summed E-state index contributed by atoms with van der Waals surface area (Å²) in [4.78, 5) is 4.26. The number of pyridine rings is 1. The molecule has 1 aromatic carbocycles. The molecule has 1 aromatic heterocycles. The van der Waals surface area contributed by atoms with Gasteiger partial charge in [0.25, 0.3) is 0 Å². The van der Waals surface area contributed by atoms with Crippen molar-refractivity contribution in [3.05, 3.63) is 42.1 Å². The van der Waals surface area contributed by atoms with Gasteiger partial charge in [-0.1, -0.05) is 17.9 Å². The lowest BCUT2D eigenvalue weighted by atomic mass is 10.1.